The molecule has 1 heterocycles. The van der Waals surface area contributed by atoms with Crippen LogP contribution in [0.4, 0.5) is 0 Å². The van der Waals surface area contributed by atoms with Crippen molar-refractivity contribution in [1.29, 1.82) is 0 Å². The number of amides is 1. The molecule has 1 aliphatic rings. The van der Waals surface area contributed by atoms with Crippen LogP contribution in [-0.4, -0.2) is 39.9 Å². The molecule has 0 atom stereocenters. The molecule has 1 fully saturated rings. The molecule has 2 aromatic rings. The van der Waals surface area contributed by atoms with Crippen molar-refractivity contribution in [3.05, 3.63) is 64.6 Å². The first-order valence-corrected chi connectivity index (χ1v) is 11.5. The van der Waals surface area contributed by atoms with Crippen molar-refractivity contribution in [2.75, 3.05) is 13.7 Å². The van der Waals surface area contributed by atoms with E-state index in [4.69, 9.17) is 26.8 Å². The fourth-order valence-electron chi connectivity index (χ4n) is 3.20. The molecule has 0 aliphatic carbocycles. The molecule has 0 radical (unpaired) electrons. The molecular formula is C24H25NO5S2. The van der Waals surface area contributed by atoms with E-state index in [1.165, 1.54) is 11.8 Å². The van der Waals surface area contributed by atoms with E-state index in [0.717, 1.165) is 17.5 Å². The van der Waals surface area contributed by atoms with Crippen LogP contribution in [0.2, 0.25) is 0 Å². The van der Waals surface area contributed by atoms with Crippen LogP contribution in [0, 0.1) is 0 Å². The van der Waals surface area contributed by atoms with Crippen LogP contribution in [0.1, 0.15) is 36.8 Å². The highest BCUT2D eigenvalue weighted by molar-refractivity contribution is 8.26. The second-order valence-corrected chi connectivity index (χ2v) is 8.90. The number of carbonyl (C=O) groups excluding carboxylic acids is 1. The molecule has 168 valence electrons. The third kappa shape index (κ3) is 6.58. The van der Waals surface area contributed by atoms with E-state index in [1.807, 2.05) is 48.5 Å². The molecule has 0 unspecified atom stereocenters. The van der Waals surface area contributed by atoms with Crippen LogP contribution in [0.25, 0.3) is 6.08 Å². The lowest BCUT2D eigenvalue weighted by Crippen LogP contribution is -2.29. The van der Waals surface area contributed by atoms with Gasteiger partial charge in [0.1, 0.15) is 10.9 Å². The molecule has 2 aromatic carbocycles. The maximum Gasteiger partial charge on any atom is 0.303 e. The first kappa shape index (κ1) is 23.8. The normalized spacial score (nSPS) is 14.8. The molecule has 1 amide bonds. The van der Waals surface area contributed by atoms with E-state index < -0.39 is 5.97 Å². The number of nitrogens with zero attached hydrogens (tertiary/aromatic N) is 1. The van der Waals surface area contributed by atoms with E-state index in [0.29, 0.717) is 46.7 Å². The molecule has 1 aliphatic heterocycles. The van der Waals surface area contributed by atoms with E-state index in [2.05, 4.69) is 0 Å². The molecule has 0 saturated carbocycles. The molecule has 0 bridgehead atoms. The van der Waals surface area contributed by atoms with E-state index in [9.17, 15) is 9.59 Å². The van der Waals surface area contributed by atoms with Crippen LogP contribution < -0.4 is 9.47 Å². The SMILES string of the molecule is COc1cc(/C=C2\SC(=S)N(CCCCCC(=O)O)C2=O)ccc1OCc1ccccc1. The largest absolute Gasteiger partial charge is 0.493 e. The highest BCUT2D eigenvalue weighted by atomic mass is 32.2. The van der Waals surface area contributed by atoms with Gasteiger partial charge in [0.25, 0.3) is 5.91 Å². The van der Waals surface area contributed by atoms with Gasteiger partial charge in [-0.15, -0.1) is 0 Å². The zero-order valence-electron chi connectivity index (χ0n) is 17.8. The minimum Gasteiger partial charge on any atom is -0.493 e. The van der Waals surface area contributed by atoms with E-state index in [-0.39, 0.29) is 12.3 Å². The van der Waals surface area contributed by atoms with Gasteiger partial charge in [0.05, 0.1) is 12.0 Å². The second kappa shape index (κ2) is 11.7. The monoisotopic (exact) mass is 471 g/mol. The van der Waals surface area contributed by atoms with Gasteiger partial charge in [0.2, 0.25) is 0 Å². The zero-order chi connectivity index (χ0) is 22.9. The highest BCUT2D eigenvalue weighted by Gasteiger charge is 2.31. The van der Waals surface area contributed by atoms with Crippen LogP contribution in [0.15, 0.2) is 53.4 Å². The van der Waals surface area contributed by atoms with Crippen LogP contribution in [0.5, 0.6) is 11.5 Å². The van der Waals surface area contributed by atoms with Gasteiger partial charge in [0.15, 0.2) is 11.5 Å². The lowest BCUT2D eigenvalue weighted by Gasteiger charge is -2.14. The van der Waals surface area contributed by atoms with E-state index in [1.54, 1.807) is 18.1 Å². The number of aliphatic carboxylic acids is 1. The summed E-state index contributed by atoms with van der Waals surface area (Å²) in [6.07, 6.45) is 4.00. The second-order valence-electron chi connectivity index (χ2n) is 7.22. The first-order chi connectivity index (χ1) is 15.5. The number of carbonyl (C=O) groups is 2. The topological polar surface area (TPSA) is 76.1 Å². The number of ether oxygens (including phenoxy) is 2. The Labute approximate surface area is 197 Å². The summed E-state index contributed by atoms with van der Waals surface area (Å²) in [7, 11) is 1.58. The summed E-state index contributed by atoms with van der Waals surface area (Å²) in [6.45, 7) is 0.929. The lowest BCUT2D eigenvalue weighted by atomic mass is 10.1. The van der Waals surface area contributed by atoms with Gasteiger partial charge in [-0.25, -0.2) is 0 Å². The van der Waals surface area contributed by atoms with Crippen molar-refractivity contribution in [2.45, 2.75) is 32.3 Å². The third-order valence-corrected chi connectivity index (χ3v) is 6.25. The molecule has 1 saturated heterocycles. The number of methoxy groups -OCH3 is 1. The molecule has 0 spiro atoms. The summed E-state index contributed by atoms with van der Waals surface area (Å²) in [5.41, 5.74) is 1.88. The maximum absolute atomic E-state index is 12.8. The van der Waals surface area contributed by atoms with Crippen molar-refractivity contribution in [2.24, 2.45) is 0 Å². The molecule has 0 aromatic heterocycles. The summed E-state index contributed by atoms with van der Waals surface area (Å²) in [5.74, 6) is 0.290. The number of hydrogen-bond donors (Lipinski definition) is 1. The summed E-state index contributed by atoms with van der Waals surface area (Å²) < 4.78 is 11.9. The van der Waals surface area contributed by atoms with Crippen LogP contribution in [-0.2, 0) is 16.2 Å². The highest BCUT2D eigenvalue weighted by Crippen LogP contribution is 2.35. The fraction of sp³-hybridized carbons (Fsp3) is 0.292. The first-order valence-electron chi connectivity index (χ1n) is 10.3. The fourth-order valence-corrected chi connectivity index (χ4v) is 4.50. The Bertz CT molecular complexity index is 1010. The molecule has 8 heteroatoms. The molecular weight excluding hydrogens is 446 g/mol. The average Bonchev–Trinajstić information content (AvgIpc) is 3.05. The Morgan fingerprint density at radius 1 is 1.12 bits per heavy atom. The van der Waals surface area contributed by atoms with Crippen molar-refractivity contribution in [1.82, 2.24) is 4.90 Å². The number of carboxylic acids is 1. The van der Waals surface area contributed by atoms with Crippen LogP contribution in [0.3, 0.4) is 0 Å². The van der Waals surface area contributed by atoms with Crippen molar-refractivity contribution >= 4 is 46.3 Å². The standard InChI is InChI=1S/C24H25NO5S2/c1-29-20-14-18(11-12-19(20)30-16-17-8-4-2-5-9-17)15-21-23(28)25(24(31)32-21)13-7-3-6-10-22(26)27/h2,4-5,8-9,11-12,14-15H,3,6-7,10,13,16H2,1H3,(H,26,27)/b21-15-. The predicted molar refractivity (Wildman–Crippen MR) is 130 cm³/mol. The Hall–Kier alpha value is -2.84. The van der Waals surface area contributed by atoms with Crippen LogP contribution >= 0.6 is 24.0 Å². The molecule has 32 heavy (non-hydrogen) atoms. The Morgan fingerprint density at radius 2 is 1.91 bits per heavy atom. The van der Waals surface area contributed by atoms with Gasteiger partial charge in [-0.2, -0.15) is 0 Å². The molecule has 6 nitrogen and oxygen atoms in total. The van der Waals surface area contributed by atoms with Gasteiger partial charge in [-0.05, 0) is 42.2 Å². The number of thioether (sulfide) groups is 1. The third-order valence-electron chi connectivity index (χ3n) is 4.87. The number of thiocarbonyl (C=S) groups is 1. The van der Waals surface area contributed by atoms with Crippen molar-refractivity contribution in [3.63, 3.8) is 0 Å². The van der Waals surface area contributed by atoms with Gasteiger partial charge in [-0.1, -0.05) is 66.8 Å². The summed E-state index contributed by atoms with van der Waals surface area (Å²) in [4.78, 5) is 25.5. The molecule has 1 N–H and O–H groups in total. The van der Waals surface area contributed by atoms with Gasteiger partial charge in [-0.3, -0.25) is 14.5 Å². The summed E-state index contributed by atoms with van der Waals surface area (Å²) in [5, 5.41) is 8.71. The Kier molecular flexibility index (Phi) is 8.70. The Balaban J connectivity index is 1.62. The number of rotatable bonds is 11. The summed E-state index contributed by atoms with van der Waals surface area (Å²) >= 11 is 6.64. The van der Waals surface area contributed by atoms with Crippen molar-refractivity contribution in [3.8, 4) is 11.5 Å². The zero-order valence-corrected chi connectivity index (χ0v) is 19.4. The van der Waals surface area contributed by atoms with Crippen molar-refractivity contribution < 1.29 is 24.2 Å². The summed E-state index contributed by atoms with van der Waals surface area (Å²) in [6, 6.07) is 15.4. The predicted octanol–water partition coefficient (Wildman–Crippen LogP) is 5.12. The molecule has 3 rings (SSSR count). The lowest BCUT2D eigenvalue weighted by molar-refractivity contribution is -0.137. The smallest absolute Gasteiger partial charge is 0.303 e. The quantitative estimate of drug-likeness (QED) is 0.277. The van der Waals surface area contributed by atoms with Gasteiger partial charge in [0, 0.05) is 13.0 Å². The number of unbranched alkanes of at least 4 members (excludes halogenated alkanes) is 2. The minimum atomic E-state index is -0.801. The van der Waals surface area contributed by atoms with Gasteiger partial charge >= 0.3 is 5.97 Å². The number of carboxylic acid groups (broad SMARTS) is 1. The average molecular weight is 472 g/mol. The van der Waals surface area contributed by atoms with E-state index >= 15 is 0 Å². The number of hydrogen-bond acceptors (Lipinski definition) is 6. The Morgan fingerprint density at radius 3 is 2.62 bits per heavy atom. The maximum atomic E-state index is 12.8. The minimum absolute atomic E-state index is 0.124. The number of benzene rings is 2. The van der Waals surface area contributed by atoms with Gasteiger partial charge < -0.3 is 14.6 Å².